The van der Waals surface area contributed by atoms with Crippen LogP contribution in [0.2, 0.25) is 0 Å². The normalized spacial score (nSPS) is 19.2. The fourth-order valence-corrected chi connectivity index (χ4v) is 3.48. The van der Waals surface area contributed by atoms with Crippen LogP contribution in [0.1, 0.15) is 75.6 Å². The quantitative estimate of drug-likeness (QED) is 0.910. The minimum Gasteiger partial charge on any atom is -0.388 e. The zero-order valence-corrected chi connectivity index (χ0v) is 14.5. The predicted molar refractivity (Wildman–Crippen MR) is 86.9 cm³/mol. The molecule has 1 fully saturated rings. The van der Waals surface area contributed by atoms with Crippen LogP contribution in [0.15, 0.2) is 6.07 Å². The van der Waals surface area contributed by atoms with Crippen molar-refractivity contribution in [2.24, 2.45) is 0 Å². The van der Waals surface area contributed by atoms with Crippen molar-refractivity contribution >= 4 is 5.91 Å². The van der Waals surface area contributed by atoms with Crippen LogP contribution in [0, 0.1) is 6.92 Å². The van der Waals surface area contributed by atoms with E-state index in [2.05, 4.69) is 18.9 Å². The third-order valence-electron chi connectivity index (χ3n) is 4.69. The molecule has 1 N–H and O–H groups in total. The van der Waals surface area contributed by atoms with Gasteiger partial charge in [-0.15, -0.1) is 0 Å². The predicted octanol–water partition coefficient (Wildman–Crippen LogP) is 2.93. The first-order valence-electron chi connectivity index (χ1n) is 8.39. The second-order valence-corrected chi connectivity index (χ2v) is 6.90. The second-order valence-electron chi connectivity index (χ2n) is 6.90. The monoisotopic (exact) mass is 307 g/mol. The Bertz CT molecular complexity index is 526. The first-order valence-corrected chi connectivity index (χ1v) is 8.39. The number of rotatable bonds is 5. The van der Waals surface area contributed by atoms with Crippen molar-refractivity contribution in [1.29, 1.82) is 0 Å². The maximum Gasteiger partial charge on any atom is 0.272 e. The Morgan fingerprint density at radius 1 is 1.45 bits per heavy atom. The lowest BCUT2D eigenvalue weighted by Gasteiger charge is -2.34. The molecule has 1 atom stereocenters. The summed E-state index contributed by atoms with van der Waals surface area (Å²) in [4.78, 5) is 14.9. The van der Waals surface area contributed by atoms with Gasteiger partial charge in [0.2, 0.25) is 0 Å². The first kappa shape index (κ1) is 17.0. The van der Waals surface area contributed by atoms with Crippen molar-refractivity contribution in [3.63, 3.8) is 0 Å². The molecule has 0 aromatic carbocycles. The molecule has 1 aliphatic rings. The van der Waals surface area contributed by atoms with Crippen LogP contribution >= 0.6 is 0 Å². The molecular formula is C17H29N3O2. The fraction of sp³-hybridized carbons (Fsp3) is 0.765. The summed E-state index contributed by atoms with van der Waals surface area (Å²) < 4.78 is 1.89. The van der Waals surface area contributed by atoms with E-state index in [1.807, 2.05) is 22.6 Å². The molecule has 1 aromatic heterocycles. The molecule has 22 heavy (non-hydrogen) atoms. The van der Waals surface area contributed by atoms with Crippen molar-refractivity contribution in [3.8, 4) is 0 Å². The van der Waals surface area contributed by atoms with Crippen LogP contribution in [0.5, 0.6) is 0 Å². The van der Waals surface area contributed by atoms with E-state index in [-0.39, 0.29) is 18.0 Å². The highest BCUT2D eigenvalue weighted by atomic mass is 16.3. The number of hydrogen-bond acceptors (Lipinski definition) is 3. The topological polar surface area (TPSA) is 58.4 Å². The lowest BCUT2D eigenvalue weighted by atomic mass is 9.96. The van der Waals surface area contributed by atoms with Crippen molar-refractivity contribution in [2.75, 3.05) is 6.54 Å². The van der Waals surface area contributed by atoms with Gasteiger partial charge >= 0.3 is 0 Å². The number of aliphatic hydroxyl groups is 1. The average Bonchev–Trinajstić information content (AvgIpc) is 3.06. The van der Waals surface area contributed by atoms with E-state index in [0.717, 1.165) is 31.4 Å². The molecule has 124 valence electrons. The van der Waals surface area contributed by atoms with Gasteiger partial charge in [0.1, 0.15) is 5.69 Å². The van der Waals surface area contributed by atoms with Gasteiger partial charge in [-0.1, -0.05) is 13.8 Å². The Morgan fingerprint density at radius 3 is 2.64 bits per heavy atom. The molecule has 0 bridgehead atoms. The average molecular weight is 307 g/mol. The zero-order valence-electron chi connectivity index (χ0n) is 14.5. The van der Waals surface area contributed by atoms with Gasteiger partial charge in [0, 0.05) is 6.54 Å². The number of nitrogens with zero attached hydrogens (tertiary/aromatic N) is 3. The Hall–Kier alpha value is -1.36. The molecule has 0 saturated carbocycles. The Balaban J connectivity index is 2.33. The minimum atomic E-state index is -0.874. The van der Waals surface area contributed by atoms with E-state index in [4.69, 9.17) is 0 Å². The van der Waals surface area contributed by atoms with Crippen molar-refractivity contribution in [3.05, 3.63) is 17.5 Å². The SMILES string of the molecule is CCC(CC)n1nc(C)cc1C(=O)N1CCCC1C(C)(C)O. The zero-order chi connectivity index (χ0) is 16.5. The first-order chi connectivity index (χ1) is 10.3. The summed E-state index contributed by atoms with van der Waals surface area (Å²) >= 11 is 0. The molecule has 1 aromatic rings. The molecule has 0 spiro atoms. The van der Waals surface area contributed by atoms with Gasteiger partial charge in [0.25, 0.3) is 5.91 Å². The Kier molecular flexibility index (Phi) is 4.95. The highest BCUT2D eigenvalue weighted by molar-refractivity contribution is 5.93. The van der Waals surface area contributed by atoms with Crippen LogP contribution in [-0.2, 0) is 0 Å². The molecular weight excluding hydrogens is 278 g/mol. The Labute approximate surface area is 133 Å². The molecule has 0 aliphatic carbocycles. The van der Waals surface area contributed by atoms with Crippen LogP contribution in [0.25, 0.3) is 0 Å². The van der Waals surface area contributed by atoms with Crippen molar-refractivity contribution in [1.82, 2.24) is 14.7 Å². The van der Waals surface area contributed by atoms with Gasteiger partial charge < -0.3 is 10.0 Å². The summed E-state index contributed by atoms with van der Waals surface area (Å²) in [5.41, 5.74) is 0.651. The number of carbonyl (C=O) groups is 1. The summed E-state index contributed by atoms with van der Waals surface area (Å²) in [5, 5.41) is 14.9. The van der Waals surface area contributed by atoms with Crippen LogP contribution < -0.4 is 0 Å². The summed E-state index contributed by atoms with van der Waals surface area (Å²) in [6.45, 7) is 10.4. The third kappa shape index (κ3) is 3.19. The van der Waals surface area contributed by atoms with Crippen LogP contribution in [0.3, 0.4) is 0 Å². The molecule has 1 unspecified atom stereocenters. The summed E-state index contributed by atoms with van der Waals surface area (Å²) in [6, 6.07) is 2.00. The number of aromatic nitrogens is 2. The second kappa shape index (κ2) is 6.41. The van der Waals surface area contributed by atoms with Gasteiger partial charge in [-0.05, 0) is 52.5 Å². The Morgan fingerprint density at radius 2 is 2.09 bits per heavy atom. The van der Waals surface area contributed by atoms with E-state index in [1.165, 1.54) is 0 Å². The number of aryl methyl sites for hydroxylation is 1. The van der Waals surface area contributed by atoms with E-state index in [1.54, 1.807) is 13.8 Å². The smallest absolute Gasteiger partial charge is 0.272 e. The van der Waals surface area contributed by atoms with Crippen molar-refractivity contribution in [2.45, 2.75) is 78.0 Å². The molecule has 1 saturated heterocycles. The van der Waals surface area contributed by atoms with E-state index in [0.29, 0.717) is 12.2 Å². The van der Waals surface area contributed by atoms with Gasteiger partial charge in [0.15, 0.2) is 0 Å². The molecule has 2 heterocycles. The third-order valence-corrected chi connectivity index (χ3v) is 4.69. The van der Waals surface area contributed by atoms with Crippen LogP contribution in [-0.4, -0.2) is 43.9 Å². The summed E-state index contributed by atoms with van der Waals surface area (Å²) in [5.74, 6) is -0.00266. The maximum atomic E-state index is 13.0. The highest BCUT2D eigenvalue weighted by Crippen LogP contribution is 2.29. The lowest BCUT2D eigenvalue weighted by Crippen LogP contribution is -2.48. The molecule has 5 heteroatoms. The van der Waals surface area contributed by atoms with Crippen molar-refractivity contribution < 1.29 is 9.90 Å². The van der Waals surface area contributed by atoms with Crippen LogP contribution in [0.4, 0.5) is 0 Å². The number of amides is 1. The highest BCUT2D eigenvalue weighted by Gasteiger charge is 2.39. The number of hydrogen-bond donors (Lipinski definition) is 1. The lowest BCUT2D eigenvalue weighted by molar-refractivity contribution is -0.000208. The molecule has 5 nitrogen and oxygen atoms in total. The molecule has 2 rings (SSSR count). The number of likely N-dealkylation sites (tertiary alicyclic amines) is 1. The summed E-state index contributed by atoms with van der Waals surface area (Å²) in [7, 11) is 0. The molecule has 1 amide bonds. The van der Waals surface area contributed by atoms with E-state index in [9.17, 15) is 9.90 Å². The summed E-state index contributed by atoms with van der Waals surface area (Å²) in [6.07, 6.45) is 3.70. The fourth-order valence-electron chi connectivity index (χ4n) is 3.48. The largest absolute Gasteiger partial charge is 0.388 e. The van der Waals surface area contributed by atoms with E-state index >= 15 is 0 Å². The standard InChI is InChI=1S/C17H29N3O2/c1-6-13(7-2)20-14(11-12(3)18-20)16(21)19-10-8-9-15(19)17(4,5)22/h11,13,15,22H,6-10H2,1-5H3. The molecule has 0 radical (unpaired) electrons. The van der Waals surface area contributed by atoms with Gasteiger partial charge in [-0.3, -0.25) is 9.48 Å². The minimum absolute atomic E-state index is 0.00266. The molecule has 1 aliphatic heterocycles. The number of carbonyl (C=O) groups excluding carboxylic acids is 1. The maximum absolute atomic E-state index is 13.0. The van der Waals surface area contributed by atoms with Gasteiger partial charge in [0.05, 0.1) is 23.4 Å². The van der Waals surface area contributed by atoms with E-state index < -0.39 is 5.60 Å². The van der Waals surface area contributed by atoms with Gasteiger partial charge in [-0.2, -0.15) is 5.10 Å². The van der Waals surface area contributed by atoms with Gasteiger partial charge in [-0.25, -0.2) is 0 Å².